The Morgan fingerprint density at radius 3 is 2.57 bits per heavy atom. The number of rotatable bonds is 1. The summed E-state index contributed by atoms with van der Waals surface area (Å²) in [6, 6.07) is 1.73. The van der Waals surface area contributed by atoms with Crippen LogP contribution >= 0.6 is 0 Å². The predicted octanol–water partition coefficient (Wildman–Crippen LogP) is 3.47. The van der Waals surface area contributed by atoms with Crippen molar-refractivity contribution in [3.05, 3.63) is 24.3 Å². The molecule has 1 aromatic heterocycles. The molecule has 78 valence electrons. The van der Waals surface area contributed by atoms with Crippen molar-refractivity contribution in [3.8, 4) is 0 Å². The molecule has 0 amide bonds. The first-order valence-corrected chi connectivity index (χ1v) is 5.09. The van der Waals surface area contributed by atoms with Gasteiger partial charge in [0.25, 0.3) is 0 Å². The minimum absolute atomic E-state index is 0.210. The Balaban J connectivity index is 2.02. The van der Waals surface area contributed by atoms with Crippen LogP contribution in [-0.4, -0.2) is 10.2 Å². The molecule has 1 fully saturated rings. The third-order valence-corrected chi connectivity index (χ3v) is 3.10. The van der Waals surface area contributed by atoms with Crippen LogP contribution in [-0.2, 0) is 0 Å². The SMILES string of the molecule is CC1(F)CCC(n2ccc(F)c2)CC1. The van der Waals surface area contributed by atoms with Gasteiger partial charge in [-0.05, 0) is 38.7 Å². The van der Waals surface area contributed by atoms with Crippen molar-refractivity contribution < 1.29 is 8.78 Å². The van der Waals surface area contributed by atoms with Crippen LogP contribution in [0.25, 0.3) is 0 Å². The highest BCUT2D eigenvalue weighted by Crippen LogP contribution is 2.37. The van der Waals surface area contributed by atoms with Crippen molar-refractivity contribution in [1.82, 2.24) is 4.57 Å². The first-order chi connectivity index (χ1) is 6.57. The third kappa shape index (κ3) is 1.97. The molecule has 1 saturated carbocycles. The van der Waals surface area contributed by atoms with Gasteiger partial charge in [-0.25, -0.2) is 8.78 Å². The van der Waals surface area contributed by atoms with Gasteiger partial charge >= 0.3 is 0 Å². The summed E-state index contributed by atoms with van der Waals surface area (Å²) in [5.74, 6) is -0.210. The van der Waals surface area contributed by atoms with Crippen LogP contribution in [0, 0.1) is 5.82 Å². The van der Waals surface area contributed by atoms with E-state index in [1.165, 1.54) is 12.3 Å². The zero-order chi connectivity index (χ0) is 10.2. The molecule has 2 rings (SSSR count). The first kappa shape index (κ1) is 9.69. The van der Waals surface area contributed by atoms with E-state index in [1.54, 1.807) is 13.1 Å². The van der Waals surface area contributed by atoms with E-state index in [-0.39, 0.29) is 11.9 Å². The zero-order valence-corrected chi connectivity index (χ0v) is 8.34. The number of hydrogen-bond donors (Lipinski definition) is 0. The highest BCUT2D eigenvalue weighted by molar-refractivity contribution is 4.98. The van der Waals surface area contributed by atoms with Crippen molar-refractivity contribution in [3.63, 3.8) is 0 Å². The van der Waals surface area contributed by atoms with E-state index in [9.17, 15) is 8.78 Å². The zero-order valence-electron chi connectivity index (χ0n) is 8.34. The Bertz CT molecular complexity index is 307. The van der Waals surface area contributed by atoms with Gasteiger partial charge in [-0.3, -0.25) is 0 Å². The smallest absolute Gasteiger partial charge is 0.140 e. The van der Waals surface area contributed by atoms with E-state index < -0.39 is 5.67 Å². The average Bonchev–Trinajstić information content (AvgIpc) is 2.52. The topological polar surface area (TPSA) is 4.93 Å². The van der Waals surface area contributed by atoms with Crippen LogP contribution in [0.4, 0.5) is 8.78 Å². The standard InChI is InChI=1S/C11H15F2N/c1-11(13)5-2-10(3-6-11)14-7-4-9(12)8-14/h4,7-8,10H,2-3,5-6H2,1H3. The Morgan fingerprint density at radius 2 is 2.07 bits per heavy atom. The van der Waals surface area contributed by atoms with Gasteiger partial charge in [0.2, 0.25) is 0 Å². The molecular formula is C11H15F2N. The summed E-state index contributed by atoms with van der Waals surface area (Å²) in [6.45, 7) is 1.65. The lowest BCUT2D eigenvalue weighted by atomic mass is 9.85. The summed E-state index contributed by atoms with van der Waals surface area (Å²) in [4.78, 5) is 0. The van der Waals surface area contributed by atoms with Crippen molar-refractivity contribution in [2.75, 3.05) is 0 Å². The molecule has 1 heterocycles. The third-order valence-electron chi connectivity index (χ3n) is 3.10. The molecule has 0 saturated heterocycles. The van der Waals surface area contributed by atoms with Crippen molar-refractivity contribution in [2.24, 2.45) is 0 Å². The molecule has 0 aliphatic heterocycles. The maximum atomic E-state index is 13.5. The lowest BCUT2D eigenvalue weighted by Gasteiger charge is -2.31. The lowest BCUT2D eigenvalue weighted by Crippen LogP contribution is -2.27. The highest BCUT2D eigenvalue weighted by atomic mass is 19.1. The molecule has 1 aromatic rings. The molecule has 3 heteroatoms. The highest BCUT2D eigenvalue weighted by Gasteiger charge is 2.31. The molecule has 0 bridgehead atoms. The van der Waals surface area contributed by atoms with Gasteiger partial charge < -0.3 is 4.57 Å². The molecule has 0 aromatic carbocycles. The van der Waals surface area contributed by atoms with E-state index in [4.69, 9.17) is 0 Å². The van der Waals surface area contributed by atoms with Gasteiger partial charge in [-0.2, -0.15) is 0 Å². The van der Waals surface area contributed by atoms with Crippen LogP contribution in [0.2, 0.25) is 0 Å². The van der Waals surface area contributed by atoms with Gasteiger partial charge in [0.15, 0.2) is 0 Å². The number of alkyl halides is 1. The van der Waals surface area contributed by atoms with Crippen LogP contribution in [0.15, 0.2) is 18.5 Å². The van der Waals surface area contributed by atoms with Crippen LogP contribution in [0.5, 0.6) is 0 Å². The molecular weight excluding hydrogens is 184 g/mol. The summed E-state index contributed by atoms with van der Waals surface area (Å²) < 4.78 is 28.1. The van der Waals surface area contributed by atoms with E-state index >= 15 is 0 Å². The van der Waals surface area contributed by atoms with Crippen molar-refractivity contribution in [2.45, 2.75) is 44.3 Å². The Kier molecular flexibility index (Phi) is 2.33. The molecule has 0 atom stereocenters. The molecule has 0 radical (unpaired) electrons. The number of hydrogen-bond acceptors (Lipinski definition) is 0. The molecule has 1 aliphatic rings. The van der Waals surface area contributed by atoms with Gasteiger partial charge in [0, 0.05) is 18.4 Å². The van der Waals surface area contributed by atoms with Gasteiger partial charge in [0.1, 0.15) is 11.5 Å². The largest absolute Gasteiger partial charge is 0.348 e. The second kappa shape index (κ2) is 3.37. The van der Waals surface area contributed by atoms with Crippen LogP contribution in [0.3, 0.4) is 0 Å². The van der Waals surface area contributed by atoms with Gasteiger partial charge in [-0.15, -0.1) is 0 Å². The van der Waals surface area contributed by atoms with Gasteiger partial charge in [-0.1, -0.05) is 0 Å². The monoisotopic (exact) mass is 199 g/mol. The molecule has 14 heavy (non-hydrogen) atoms. The Labute approximate surface area is 82.7 Å². The van der Waals surface area contributed by atoms with Gasteiger partial charge in [0.05, 0.1) is 0 Å². The van der Waals surface area contributed by atoms with E-state index in [0.717, 1.165) is 12.8 Å². The van der Waals surface area contributed by atoms with E-state index in [2.05, 4.69) is 0 Å². The van der Waals surface area contributed by atoms with Crippen molar-refractivity contribution in [1.29, 1.82) is 0 Å². The van der Waals surface area contributed by atoms with E-state index in [0.29, 0.717) is 12.8 Å². The maximum Gasteiger partial charge on any atom is 0.140 e. The summed E-state index contributed by atoms with van der Waals surface area (Å²) >= 11 is 0. The molecule has 1 aliphatic carbocycles. The van der Waals surface area contributed by atoms with Crippen LogP contribution in [0.1, 0.15) is 38.6 Å². The molecule has 0 N–H and O–H groups in total. The summed E-state index contributed by atoms with van der Waals surface area (Å²) in [6.07, 6.45) is 6.00. The minimum atomic E-state index is -1.01. The minimum Gasteiger partial charge on any atom is -0.348 e. The maximum absolute atomic E-state index is 13.5. The summed E-state index contributed by atoms with van der Waals surface area (Å²) in [5, 5.41) is 0. The number of halogens is 2. The average molecular weight is 199 g/mol. The molecule has 0 unspecified atom stereocenters. The second-order valence-corrected chi connectivity index (χ2v) is 4.42. The van der Waals surface area contributed by atoms with Crippen molar-refractivity contribution >= 4 is 0 Å². The fourth-order valence-electron chi connectivity index (χ4n) is 2.12. The molecule has 0 spiro atoms. The summed E-state index contributed by atoms with van der Waals surface area (Å²) in [7, 11) is 0. The Hall–Kier alpha value is -0.860. The van der Waals surface area contributed by atoms with Crippen LogP contribution < -0.4 is 0 Å². The second-order valence-electron chi connectivity index (χ2n) is 4.42. The fraction of sp³-hybridized carbons (Fsp3) is 0.636. The first-order valence-electron chi connectivity index (χ1n) is 5.09. The normalized spacial score (nSPS) is 33.2. The summed E-state index contributed by atoms with van der Waals surface area (Å²) in [5.41, 5.74) is -1.01. The number of nitrogens with zero attached hydrogens (tertiary/aromatic N) is 1. The predicted molar refractivity (Wildman–Crippen MR) is 51.4 cm³/mol. The van der Waals surface area contributed by atoms with E-state index in [1.807, 2.05) is 4.57 Å². The fourth-order valence-corrected chi connectivity index (χ4v) is 2.12. The number of aromatic nitrogens is 1. The quantitative estimate of drug-likeness (QED) is 0.652. The molecule has 1 nitrogen and oxygen atoms in total. The lowest BCUT2D eigenvalue weighted by molar-refractivity contribution is 0.106. The Morgan fingerprint density at radius 1 is 1.43 bits per heavy atom.